The Morgan fingerprint density at radius 2 is 1.17 bits per heavy atom. The first-order valence-corrected chi connectivity index (χ1v) is 23.7. The number of likely N-dealkylation sites (N-methyl/N-ethyl adjacent to an activating group) is 1. The van der Waals surface area contributed by atoms with Gasteiger partial charge in [0.25, 0.3) is 0 Å². The van der Waals surface area contributed by atoms with Crippen LogP contribution in [0.4, 0.5) is 0 Å². The smallest absolute Gasteiger partial charge is 0.245 e. The lowest BCUT2D eigenvalue weighted by Crippen LogP contribution is -2.62. The number of nitrogens with zero attached hydrogens (tertiary/aromatic N) is 3. The van der Waals surface area contributed by atoms with Gasteiger partial charge in [0.15, 0.2) is 5.96 Å². The average Bonchev–Trinajstić information content (AvgIpc) is 3.82. The molecule has 10 atom stereocenters. The number of carbonyl (C=O) groups excluding carboxylic acids is 11. The Balaban J connectivity index is 3.23. The van der Waals surface area contributed by atoms with Crippen LogP contribution in [0.5, 0.6) is 0 Å². The van der Waals surface area contributed by atoms with Crippen molar-refractivity contribution in [2.75, 3.05) is 46.4 Å². The summed E-state index contributed by atoms with van der Waals surface area (Å²) in [6.45, 7) is 10.0. The fourth-order valence-corrected chi connectivity index (χ4v) is 7.05. The normalized spacial score (nSPS) is 17.0. The minimum atomic E-state index is -1.74. The fraction of sp³-hybridized carbons (Fsp3) is 0.727. The van der Waals surface area contributed by atoms with E-state index in [0.717, 1.165) is 4.90 Å². The molecule has 27 nitrogen and oxygen atoms in total. The molecule has 1 aliphatic rings. The first-order chi connectivity index (χ1) is 33.2. The van der Waals surface area contributed by atoms with Crippen LogP contribution < -0.4 is 59.7 Å². The van der Waals surface area contributed by atoms with Crippen LogP contribution in [0.15, 0.2) is 4.99 Å². The van der Waals surface area contributed by atoms with Crippen molar-refractivity contribution in [3.05, 3.63) is 0 Å². The second-order valence-corrected chi connectivity index (χ2v) is 18.0. The first-order valence-electron chi connectivity index (χ1n) is 23.7. The molecular weight excluding hydrogens is 933 g/mol. The third-order valence-corrected chi connectivity index (χ3v) is 12.0. The number of rotatable bonds is 30. The van der Waals surface area contributed by atoms with Crippen molar-refractivity contribution in [2.24, 2.45) is 39.9 Å². The predicted octanol–water partition coefficient (Wildman–Crippen LogP) is -5.74. The minimum Gasteiger partial charge on any atom is -0.394 e. The molecule has 16 N–H and O–H groups in total. The van der Waals surface area contributed by atoms with Crippen LogP contribution in [0.3, 0.4) is 0 Å². The number of guanidine groups is 1. The molecule has 0 unspecified atom stereocenters. The highest BCUT2D eigenvalue weighted by Gasteiger charge is 2.40. The quantitative estimate of drug-likeness (QED) is 0.0181. The molecule has 0 aromatic heterocycles. The van der Waals surface area contributed by atoms with Crippen LogP contribution in [0.25, 0.3) is 0 Å². The molecule has 0 aromatic carbocycles. The van der Waals surface area contributed by atoms with Crippen LogP contribution in [0, 0.1) is 17.8 Å². The maximum Gasteiger partial charge on any atom is 0.245 e. The summed E-state index contributed by atoms with van der Waals surface area (Å²) in [5.41, 5.74) is 16.2. The van der Waals surface area contributed by atoms with Gasteiger partial charge in [-0.2, -0.15) is 0 Å². The molecule has 1 rings (SSSR count). The standard InChI is InChI=1S/C44H78N14O13/c1-10-23(5)34(41(69)51-27(14-12-16-48-44(46)47)43(71)58-17-13-15-30(58)39(67)50-25(7)36(45)64)55-38(66)29(21-60)52-37(65)28(20-59)53-42(70)35(24(6)11-2)56-40(68)33(22(3)4)54-31(62)18-49-32(63)19-57(9)26(8)61/h22-25,27-30,33-35,59-60H,10-21H2,1-9H3,(H2,45,64)(H,49,63)(H,50,67)(H,51,69)(H,52,65)(H,53,70)(H,54,62)(H,55,66)(H,56,68)(H4,46,47,48)/t23-,24+,25+,27-,28-,29-,30-,33-,34-,35+/m0/s1. The summed E-state index contributed by atoms with van der Waals surface area (Å²) in [4.78, 5) is 150. The molecule has 71 heavy (non-hydrogen) atoms. The van der Waals surface area contributed by atoms with Crippen LogP contribution in [-0.2, 0) is 52.7 Å². The third-order valence-electron chi connectivity index (χ3n) is 12.0. The zero-order chi connectivity index (χ0) is 54.3. The van der Waals surface area contributed by atoms with E-state index in [0.29, 0.717) is 19.3 Å². The van der Waals surface area contributed by atoms with Gasteiger partial charge >= 0.3 is 0 Å². The Morgan fingerprint density at radius 1 is 0.676 bits per heavy atom. The van der Waals surface area contributed by atoms with E-state index in [9.17, 15) is 63.0 Å². The molecule has 1 fully saturated rings. The largest absolute Gasteiger partial charge is 0.394 e. The maximum atomic E-state index is 14.1. The lowest BCUT2D eigenvalue weighted by molar-refractivity contribution is -0.142. The second kappa shape index (κ2) is 30.9. The van der Waals surface area contributed by atoms with Gasteiger partial charge in [0.1, 0.15) is 48.3 Å². The predicted molar refractivity (Wildman–Crippen MR) is 257 cm³/mol. The Morgan fingerprint density at radius 3 is 1.65 bits per heavy atom. The summed E-state index contributed by atoms with van der Waals surface area (Å²) in [7, 11) is 1.40. The monoisotopic (exact) mass is 1010 g/mol. The minimum absolute atomic E-state index is 0.00488. The van der Waals surface area contributed by atoms with Crippen LogP contribution in [-0.4, -0.2) is 186 Å². The Bertz CT molecular complexity index is 1920. The molecule has 0 spiro atoms. The van der Waals surface area contributed by atoms with Gasteiger partial charge in [-0.25, -0.2) is 0 Å². The van der Waals surface area contributed by atoms with Gasteiger partial charge in [-0.05, 0) is 50.4 Å². The van der Waals surface area contributed by atoms with Gasteiger partial charge in [0, 0.05) is 27.1 Å². The van der Waals surface area contributed by atoms with Crippen molar-refractivity contribution in [3.63, 3.8) is 0 Å². The lowest BCUT2D eigenvalue weighted by Gasteiger charge is -2.31. The van der Waals surface area contributed by atoms with Gasteiger partial charge in [0.2, 0.25) is 65.0 Å². The summed E-state index contributed by atoms with van der Waals surface area (Å²) in [6.07, 6.45) is 1.56. The van der Waals surface area contributed by atoms with Crippen molar-refractivity contribution < 1.29 is 63.0 Å². The van der Waals surface area contributed by atoms with E-state index in [-0.39, 0.29) is 50.8 Å². The molecule has 27 heteroatoms. The number of aliphatic hydroxyl groups excluding tert-OH is 2. The number of hydrogen-bond acceptors (Lipinski definition) is 14. The van der Waals surface area contributed by atoms with Crippen molar-refractivity contribution >= 4 is 70.9 Å². The molecule has 1 heterocycles. The number of nitrogens with one attached hydrogen (secondary N) is 8. The Kier molecular flexibility index (Phi) is 27.1. The molecule has 0 radical (unpaired) electrons. The fourth-order valence-electron chi connectivity index (χ4n) is 7.05. The van der Waals surface area contributed by atoms with E-state index in [2.05, 4.69) is 47.5 Å². The van der Waals surface area contributed by atoms with E-state index >= 15 is 0 Å². The van der Waals surface area contributed by atoms with E-state index < -0.39 is 145 Å². The van der Waals surface area contributed by atoms with Gasteiger partial charge in [0.05, 0.1) is 26.3 Å². The summed E-state index contributed by atoms with van der Waals surface area (Å²) >= 11 is 0. The zero-order valence-corrected chi connectivity index (χ0v) is 42.3. The molecule has 11 amide bonds. The van der Waals surface area contributed by atoms with Crippen LogP contribution in [0.1, 0.15) is 93.9 Å². The summed E-state index contributed by atoms with van der Waals surface area (Å²) < 4.78 is 0. The van der Waals surface area contributed by atoms with Crippen molar-refractivity contribution in [1.29, 1.82) is 0 Å². The number of primary amides is 1. The van der Waals surface area contributed by atoms with Gasteiger partial charge < -0.3 is 79.7 Å². The summed E-state index contributed by atoms with van der Waals surface area (Å²) in [5, 5.41) is 40.3. The van der Waals surface area contributed by atoms with Crippen molar-refractivity contribution in [1.82, 2.24) is 52.3 Å². The first kappa shape index (κ1) is 62.4. The number of carbonyl (C=O) groups is 11. The van der Waals surface area contributed by atoms with E-state index in [1.165, 1.54) is 25.8 Å². The number of aliphatic hydroxyl groups is 2. The van der Waals surface area contributed by atoms with Gasteiger partial charge in [-0.3, -0.25) is 57.7 Å². The average molecular weight is 1010 g/mol. The molecule has 0 aliphatic carbocycles. The van der Waals surface area contributed by atoms with Gasteiger partial charge in [-0.1, -0.05) is 54.4 Å². The highest BCUT2D eigenvalue weighted by atomic mass is 16.3. The summed E-state index contributed by atoms with van der Waals surface area (Å²) in [5.74, 6) is -10.3. The molecule has 0 saturated carbocycles. The van der Waals surface area contributed by atoms with Crippen LogP contribution in [0.2, 0.25) is 0 Å². The van der Waals surface area contributed by atoms with E-state index in [4.69, 9.17) is 17.2 Å². The maximum absolute atomic E-state index is 14.1. The van der Waals surface area contributed by atoms with Crippen molar-refractivity contribution in [3.8, 4) is 0 Å². The number of aliphatic imine (C=N–C) groups is 1. The van der Waals surface area contributed by atoms with E-state index in [1.807, 2.05) is 0 Å². The second-order valence-electron chi connectivity index (χ2n) is 18.0. The summed E-state index contributed by atoms with van der Waals surface area (Å²) in [6, 6.07) is -10.6. The van der Waals surface area contributed by atoms with E-state index in [1.54, 1.807) is 41.5 Å². The number of hydrogen-bond donors (Lipinski definition) is 13. The Labute approximate surface area is 414 Å². The lowest BCUT2D eigenvalue weighted by atomic mass is 9.96. The molecule has 0 aromatic rings. The third kappa shape index (κ3) is 20.7. The molecule has 402 valence electrons. The SMILES string of the molecule is CC[C@@H](C)[C@@H](NC(=O)[C@@H](NC(=O)CNC(=O)CN(C)C(C)=O)C(C)C)C(=O)N[C@@H](CO)C(=O)N[C@@H](CO)C(=O)N[C@H](C(=O)N[C@@H](CCCN=C(N)N)C(=O)N1CCC[C@H]1C(=O)N[C@H](C)C(N)=O)[C@@H](C)CC. The molecule has 1 aliphatic heterocycles. The van der Waals surface area contributed by atoms with Crippen molar-refractivity contribution in [2.45, 2.75) is 142 Å². The Hall–Kier alpha value is -6.64. The highest BCUT2D eigenvalue weighted by Crippen LogP contribution is 2.21. The topological polar surface area (TPSA) is 421 Å². The molecule has 1 saturated heterocycles. The molecular formula is C44H78N14O13. The van der Waals surface area contributed by atoms with Crippen LogP contribution >= 0.6 is 0 Å². The zero-order valence-electron chi connectivity index (χ0n) is 42.3. The highest BCUT2D eigenvalue weighted by molar-refractivity contribution is 5.98. The number of amides is 11. The molecule has 0 bridgehead atoms. The van der Waals surface area contributed by atoms with Gasteiger partial charge in [-0.15, -0.1) is 0 Å². The number of likely N-dealkylation sites (tertiary alicyclic amines) is 1. The number of nitrogens with two attached hydrogens (primary N) is 3.